The summed E-state index contributed by atoms with van der Waals surface area (Å²) in [7, 11) is 0. The molecular weight excluding hydrogens is 439 g/mol. The number of ether oxygens (including phenoxy) is 1. The van der Waals surface area contributed by atoms with E-state index in [2.05, 4.69) is 10.1 Å². The average Bonchev–Trinajstić information content (AvgIpc) is 3.19. The number of hydrogen-bond acceptors (Lipinski definition) is 6. The summed E-state index contributed by atoms with van der Waals surface area (Å²) in [6, 6.07) is 1.32. The van der Waals surface area contributed by atoms with Crippen molar-refractivity contribution >= 4 is 23.4 Å². The van der Waals surface area contributed by atoms with Crippen LogP contribution in [0.2, 0.25) is 0 Å². The van der Waals surface area contributed by atoms with E-state index in [0.717, 1.165) is 30.3 Å². The highest BCUT2D eigenvalue weighted by Gasteiger charge is 2.39. The maximum Gasteiger partial charge on any atom is 0.255 e. The predicted octanol–water partition coefficient (Wildman–Crippen LogP) is 2.03. The van der Waals surface area contributed by atoms with E-state index in [9.17, 15) is 14.4 Å². The lowest BCUT2D eigenvalue weighted by molar-refractivity contribution is -0.136. The number of carbonyl (C=O) groups is 3. The van der Waals surface area contributed by atoms with Gasteiger partial charge in [-0.05, 0) is 18.5 Å². The highest BCUT2D eigenvalue weighted by atomic mass is 19.1. The van der Waals surface area contributed by atoms with Crippen LogP contribution in [0.25, 0.3) is 0 Å². The van der Waals surface area contributed by atoms with Crippen molar-refractivity contribution in [3.8, 4) is 0 Å². The summed E-state index contributed by atoms with van der Waals surface area (Å²) >= 11 is 0. The first-order valence-corrected chi connectivity index (χ1v) is 9.54. The van der Waals surface area contributed by atoms with Crippen molar-refractivity contribution in [2.45, 2.75) is 38.3 Å². The molecule has 34 heavy (non-hydrogen) atoms. The molecule has 2 saturated heterocycles. The smallest absolute Gasteiger partial charge is 0.255 e. The van der Waals surface area contributed by atoms with Gasteiger partial charge in [-0.15, -0.1) is 0 Å². The van der Waals surface area contributed by atoms with E-state index < -0.39 is 121 Å². The van der Waals surface area contributed by atoms with Gasteiger partial charge in [0.25, 0.3) is 5.91 Å². The Morgan fingerprint density at radius 3 is 2.76 bits per heavy atom. The molecule has 0 saturated carbocycles. The summed E-state index contributed by atoms with van der Waals surface area (Å²) in [6.45, 7) is -25.7. The van der Waals surface area contributed by atoms with Gasteiger partial charge in [-0.2, -0.15) is 0 Å². The predicted molar refractivity (Wildman–Crippen MR) is 122 cm³/mol. The van der Waals surface area contributed by atoms with Crippen LogP contribution in [0.1, 0.15) is 65.8 Å². The molecule has 8 nitrogen and oxygen atoms in total. The van der Waals surface area contributed by atoms with Crippen molar-refractivity contribution in [2.24, 2.45) is 0 Å². The fourth-order valence-electron chi connectivity index (χ4n) is 3.14. The summed E-state index contributed by atoms with van der Waals surface area (Å²) in [5.74, 6) is -7.11. The second-order valence-corrected chi connectivity index (χ2v) is 6.76. The number of benzene rings is 2. The maximum absolute atomic E-state index is 16.4. The highest BCUT2D eigenvalue weighted by molar-refractivity contribution is 6.06. The number of imide groups is 1. The number of carbonyl (C=O) groups excluding carboxylic acids is 3. The number of anilines is 1. The van der Waals surface area contributed by atoms with Crippen LogP contribution in [0.5, 0.6) is 0 Å². The number of hydrogen-bond donors (Lipinski definition) is 2. The van der Waals surface area contributed by atoms with Crippen LogP contribution >= 0.6 is 0 Å². The van der Waals surface area contributed by atoms with E-state index in [1.54, 1.807) is 0 Å². The van der Waals surface area contributed by atoms with Crippen molar-refractivity contribution in [3.63, 3.8) is 0 Å². The molecule has 1 unspecified atom stereocenters. The van der Waals surface area contributed by atoms with Crippen LogP contribution in [0, 0.1) is 5.82 Å². The lowest BCUT2D eigenvalue weighted by atomic mass is 10.0. The third-order valence-electron chi connectivity index (χ3n) is 4.66. The second kappa shape index (κ2) is 9.52. The Kier molecular flexibility index (Phi) is 2.63. The van der Waals surface area contributed by atoms with Gasteiger partial charge in [-0.3, -0.25) is 24.6 Å². The Bertz CT molecular complexity index is 1920. The van der Waals surface area contributed by atoms with E-state index in [4.69, 9.17) is 26.0 Å². The maximum atomic E-state index is 16.4. The topological polar surface area (TPSA) is 91.0 Å². The fourth-order valence-corrected chi connectivity index (χ4v) is 3.14. The van der Waals surface area contributed by atoms with Crippen LogP contribution < -0.4 is 10.6 Å². The lowest BCUT2D eigenvalue weighted by Crippen LogP contribution is -2.52. The van der Waals surface area contributed by atoms with Crippen molar-refractivity contribution in [2.75, 3.05) is 31.4 Å². The molecule has 3 amide bonds. The molecule has 0 bridgehead atoms. The Morgan fingerprint density at radius 1 is 1.18 bits per heavy atom. The Balaban J connectivity index is 1.60. The fraction of sp³-hybridized carbons (Fsp3) is 0.400. The zero-order valence-corrected chi connectivity index (χ0v) is 16.9. The standard InChI is InChI=1S/C25H27FN4O4/c26-23-16(3-1-4-17(23)14-29-9-11-34-12-10-29)13-27-20-6-2-5-18-19(20)15-30(25(18)33)21-7-8-22(31)28-24(21)32/h1-6,21,27H,7-15H2,(H,28,31,32)/i7D2,8D2,9D2,10D2,11D2,12D2,13D2,14D2,15D2,21D. The monoisotopic (exact) mass is 485 g/mol. The van der Waals surface area contributed by atoms with Gasteiger partial charge in [0.05, 0.1) is 25.5 Å². The summed E-state index contributed by atoms with van der Waals surface area (Å²) < 4.78 is 178. The van der Waals surface area contributed by atoms with Gasteiger partial charge in [0.2, 0.25) is 11.8 Å². The van der Waals surface area contributed by atoms with Gasteiger partial charge in [0.1, 0.15) is 11.8 Å². The summed E-state index contributed by atoms with van der Waals surface area (Å²) in [5.41, 5.74) is -4.68. The normalized spacial score (nSPS) is 42.6. The van der Waals surface area contributed by atoms with Gasteiger partial charge >= 0.3 is 0 Å². The van der Waals surface area contributed by atoms with E-state index in [0.29, 0.717) is 6.07 Å². The first-order valence-electron chi connectivity index (χ1n) is 19.0. The van der Waals surface area contributed by atoms with E-state index >= 15 is 4.39 Å². The number of halogens is 1. The molecule has 5 rings (SSSR count). The largest absolute Gasteiger partial charge is 0.381 e. The molecule has 0 radical (unpaired) electrons. The molecule has 9 heteroatoms. The lowest BCUT2D eigenvalue weighted by Gasteiger charge is -2.29. The average molecular weight is 486 g/mol. The number of fused-ring (bicyclic) bond motifs is 1. The summed E-state index contributed by atoms with van der Waals surface area (Å²) in [6.07, 6.45) is -7.55. The van der Waals surface area contributed by atoms with Crippen LogP contribution in [-0.2, 0) is 33.8 Å². The molecule has 3 heterocycles. The Labute approximate surface area is 223 Å². The zero-order valence-electron chi connectivity index (χ0n) is 35.9. The van der Waals surface area contributed by atoms with Gasteiger partial charge in [-0.1, -0.05) is 24.3 Å². The third-order valence-corrected chi connectivity index (χ3v) is 4.66. The molecule has 1 atom stereocenters. The van der Waals surface area contributed by atoms with Crippen molar-refractivity contribution in [1.82, 2.24) is 15.1 Å². The van der Waals surface area contributed by atoms with Crippen molar-refractivity contribution in [3.05, 3.63) is 64.5 Å². The van der Waals surface area contributed by atoms with E-state index in [1.165, 1.54) is 5.32 Å². The molecule has 2 fully saturated rings. The third kappa shape index (κ3) is 4.41. The van der Waals surface area contributed by atoms with Crippen LogP contribution in [0.3, 0.4) is 0 Å². The van der Waals surface area contributed by atoms with Gasteiger partial charge in [-0.25, -0.2) is 4.39 Å². The van der Waals surface area contributed by atoms with Crippen molar-refractivity contribution in [1.29, 1.82) is 0 Å². The Hall–Kier alpha value is -3.30. The van der Waals surface area contributed by atoms with E-state index in [1.807, 2.05) is 0 Å². The quantitative estimate of drug-likeness (QED) is 0.609. The first-order chi connectivity index (χ1) is 23.6. The summed E-state index contributed by atoms with van der Waals surface area (Å²) in [4.78, 5) is 38.0. The molecule has 3 aliphatic heterocycles. The highest BCUT2D eigenvalue weighted by Crippen LogP contribution is 2.32. The molecule has 178 valence electrons. The molecule has 0 spiro atoms. The van der Waals surface area contributed by atoms with Gasteiger partial charge < -0.3 is 15.0 Å². The number of nitrogens with one attached hydrogen (secondary N) is 2. The first kappa shape index (κ1) is 9.39. The molecule has 2 N–H and O–H groups in total. The van der Waals surface area contributed by atoms with Crippen LogP contribution in [0.15, 0.2) is 36.4 Å². The van der Waals surface area contributed by atoms with Crippen LogP contribution in [-0.4, -0.2) is 59.7 Å². The van der Waals surface area contributed by atoms with Crippen LogP contribution in [0.4, 0.5) is 10.1 Å². The molecule has 2 aromatic rings. The molecule has 2 aromatic carbocycles. The molecule has 0 aliphatic carbocycles. The van der Waals surface area contributed by atoms with Crippen molar-refractivity contribution < 1.29 is 49.6 Å². The number of amides is 3. The zero-order chi connectivity index (χ0) is 40.7. The Morgan fingerprint density at radius 2 is 1.94 bits per heavy atom. The van der Waals surface area contributed by atoms with E-state index in [-0.39, 0.29) is 4.90 Å². The van der Waals surface area contributed by atoms with Gasteiger partial charge in [0.15, 0.2) is 0 Å². The minimum absolute atomic E-state index is 0.262. The minimum atomic E-state index is -3.89. The second-order valence-electron chi connectivity index (χ2n) is 6.76. The molecule has 3 aliphatic rings. The molecular formula is C25H27FN4O4. The number of piperidine rings is 1. The number of morpholine rings is 1. The summed E-state index contributed by atoms with van der Waals surface area (Å²) in [5, 5.41) is 3.56. The SMILES string of the molecule is [2H]C([2H])(Nc1cccc2c1C([2H])([2H])N(C1([2H])C(=O)NC(=O)C([2H])([2H])C1([2H])[2H])C2=O)c1cccc(C([2H])([2H])N2C([2H])([2H])C([2H])([2H])OC([2H])([2H])C2([2H])[2H])c1F. The van der Waals surface area contributed by atoms with Gasteiger partial charge in [0, 0.05) is 80.5 Å². The molecule has 0 aromatic heterocycles. The minimum Gasteiger partial charge on any atom is -0.381 e. The number of nitrogens with zero attached hydrogens (tertiary/aromatic N) is 2. The number of rotatable bonds is 6.